The summed E-state index contributed by atoms with van der Waals surface area (Å²) in [6, 6.07) is 5.13. The fourth-order valence-corrected chi connectivity index (χ4v) is 3.18. The zero-order valence-electron chi connectivity index (χ0n) is 12.7. The second-order valence-corrected chi connectivity index (χ2v) is 6.68. The summed E-state index contributed by atoms with van der Waals surface area (Å²) in [7, 11) is 0. The Morgan fingerprint density at radius 3 is 2.91 bits per heavy atom. The van der Waals surface area contributed by atoms with Crippen molar-refractivity contribution in [3.05, 3.63) is 40.7 Å². The van der Waals surface area contributed by atoms with Gasteiger partial charge in [-0.05, 0) is 43.5 Å². The molecule has 1 aliphatic rings. The van der Waals surface area contributed by atoms with Crippen molar-refractivity contribution < 1.29 is 19.1 Å². The number of carbonyl (C=O) groups is 2. The van der Waals surface area contributed by atoms with Gasteiger partial charge in [0.1, 0.15) is 11.9 Å². The monoisotopic (exact) mass is 334 g/mol. The molecular formula is C16H18N2O4S. The second kappa shape index (κ2) is 6.55. The van der Waals surface area contributed by atoms with E-state index in [0.29, 0.717) is 15.6 Å². The van der Waals surface area contributed by atoms with Crippen molar-refractivity contribution in [1.82, 2.24) is 5.32 Å². The summed E-state index contributed by atoms with van der Waals surface area (Å²) >= 11 is 1.24. The molecule has 1 atom stereocenters. The first-order valence-corrected chi connectivity index (χ1v) is 8.27. The molecule has 0 bridgehead atoms. The Hall–Kier alpha value is -2.12. The van der Waals surface area contributed by atoms with E-state index in [1.807, 2.05) is 6.92 Å². The first-order chi connectivity index (χ1) is 11.0. The van der Waals surface area contributed by atoms with Crippen molar-refractivity contribution in [2.75, 3.05) is 11.9 Å². The quantitative estimate of drug-likeness (QED) is 0.757. The van der Waals surface area contributed by atoms with E-state index >= 15 is 0 Å². The van der Waals surface area contributed by atoms with Crippen LogP contribution in [0.25, 0.3) is 0 Å². The Balaban J connectivity index is 1.58. The van der Waals surface area contributed by atoms with Crippen molar-refractivity contribution >= 4 is 28.2 Å². The molecule has 1 fully saturated rings. The summed E-state index contributed by atoms with van der Waals surface area (Å²) < 4.78 is 5.09. The molecule has 122 valence electrons. The van der Waals surface area contributed by atoms with E-state index < -0.39 is 6.10 Å². The van der Waals surface area contributed by atoms with E-state index in [-0.39, 0.29) is 24.3 Å². The summed E-state index contributed by atoms with van der Waals surface area (Å²) in [4.78, 5) is 24.5. The number of thiophene rings is 1. The predicted octanol–water partition coefficient (Wildman–Crippen LogP) is 2.46. The van der Waals surface area contributed by atoms with Crippen LogP contribution in [0, 0.1) is 12.8 Å². The summed E-state index contributed by atoms with van der Waals surface area (Å²) in [5.41, 5.74) is 0.797. The number of carbonyl (C=O) groups excluding carboxylic acids is 2. The fourth-order valence-electron chi connectivity index (χ4n) is 2.19. The molecule has 1 unspecified atom stereocenters. The number of hydrogen-bond acceptors (Lipinski definition) is 5. The standard InChI is InChI=1S/C16H18N2O4S/c1-9-7-13(18-15(20)10-4-5-10)23-14(9)16(21)17-8-11(19)12-3-2-6-22-12/h2-3,6-7,10-11,19H,4-5,8H2,1H3,(H,17,21)(H,18,20). The average Bonchev–Trinajstić information content (AvgIpc) is 3.11. The highest BCUT2D eigenvalue weighted by Gasteiger charge is 2.30. The van der Waals surface area contributed by atoms with Gasteiger partial charge in [-0.1, -0.05) is 0 Å². The van der Waals surface area contributed by atoms with Crippen LogP contribution in [0.15, 0.2) is 28.9 Å². The van der Waals surface area contributed by atoms with Crippen molar-refractivity contribution in [3.63, 3.8) is 0 Å². The van der Waals surface area contributed by atoms with Gasteiger partial charge in [0.15, 0.2) is 0 Å². The zero-order valence-corrected chi connectivity index (χ0v) is 13.5. The molecule has 3 rings (SSSR count). The number of anilines is 1. The van der Waals surface area contributed by atoms with Crippen LogP contribution in [0.4, 0.5) is 5.00 Å². The number of nitrogens with one attached hydrogen (secondary N) is 2. The van der Waals surface area contributed by atoms with Crippen molar-refractivity contribution in [3.8, 4) is 0 Å². The van der Waals surface area contributed by atoms with Crippen LogP contribution in [0.5, 0.6) is 0 Å². The number of aliphatic hydroxyl groups excluding tert-OH is 1. The van der Waals surface area contributed by atoms with Gasteiger partial charge in [0, 0.05) is 5.92 Å². The summed E-state index contributed by atoms with van der Waals surface area (Å²) in [5, 5.41) is 16.1. The molecule has 1 aliphatic carbocycles. The van der Waals surface area contributed by atoms with E-state index in [0.717, 1.165) is 18.4 Å². The Morgan fingerprint density at radius 1 is 1.48 bits per heavy atom. The third kappa shape index (κ3) is 3.80. The van der Waals surface area contributed by atoms with Crippen LogP contribution in [0.1, 0.15) is 39.9 Å². The van der Waals surface area contributed by atoms with E-state index in [4.69, 9.17) is 4.42 Å². The van der Waals surface area contributed by atoms with Crippen LogP contribution in [0.2, 0.25) is 0 Å². The molecule has 2 heterocycles. The highest BCUT2D eigenvalue weighted by molar-refractivity contribution is 7.18. The Morgan fingerprint density at radius 2 is 2.26 bits per heavy atom. The van der Waals surface area contributed by atoms with Crippen LogP contribution in [0.3, 0.4) is 0 Å². The largest absolute Gasteiger partial charge is 0.467 e. The number of furan rings is 1. The van der Waals surface area contributed by atoms with Gasteiger partial charge in [-0.15, -0.1) is 11.3 Å². The van der Waals surface area contributed by atoms with Gasteiger partial charge in [0.2, 0.25) is 5.91 Å². The van der Waals surface area contributed by atoms with Gasteiger partial charge >= 0.3 is 0 Å². The molecular weight excluding hydrogens is 316 g/mol. The Kier molecular flexibility index (Phi) is 4.49. The highest BCUT2D eigenvalue weighted by atomic mass is 32.1. The van der Waals surface area contributed by atoms with Crippen LogP contribution in [-0.4, -0.2) is 23.5 Å². The van der Waals surface area contributed by atoms with Crippen molar-refractivity contribution in [1.29, 1.82) is 0 Å². The normalized spacial score (nSPS) is 15.2. The minimum atomic E-state index is -0.886. The lowest BCUT2D eigenvalue weighted by atomic mass is 10.2. The molecule has 0 saturated heterocycles. The third-order valence-corrected chi connectivity index (χ3v) is 4.80. The van der Waals surface area contributed by atoms with Gasteiger partial charge in [0.25, 0.3) is 5.91 Å². The topological polar surface area (TPSA) is 91.6 Å². The summed E-state index contributed by atoms with van der Waals surface area (Å²) in [6.07, 6.45) is 2.46. The first-order valence-electron chi connectivity index (χ1n) is 7.45. The zero-order chi connectivity index (χ0) is 16.4. The van der Waals surface area contributed by atoms with Crippen LogP contribution >= 0.6 is 11.3 Å². The first kappa shape index (κ1) is 15.8. The van der Waals surface area contributed by atoms with Crippen molar-refractivity contribution in [2.24, 2.45) is 5.92 Å². The summed E-state index contributed by atoms with van der Waals surface area (Å²) in [5.74, 6) is 0.278. The van der Waals surface area contributed by atoms with Crippen LogP contribution in [-0.2, 0) is 4.79 Å². The van der Waals surface area contributed by atoms with E-state index in [1.54, 1.807) is 18.2 Å². The van der Waals surface area contributed by atoms with Gasteiger partial charge in [-0.25, -0.2) is 0 Å². The second-order valence-electron chi connectivity index (χ2n) is 5.63. The van der Waals surface area contributed by atoms with E-state index in [2.05, 4.69) is 10.6 Å². The molecule has 6 nitrogen and oxygen atoms in total. The molecule has 0 aliphatic heterocycles. The molecule has 0 radical (unpaired) electrons. The Labute approximate surface area is 137 Å². The number of hydrogen-bond donors (Lipinski definition) is 3. The average molecular weight is 334 g/mol. The van der Waals surface area contributed by atoms with Crippen LogP contribution < -0.4 is 10.6 Å². The minimum Gasteiger partial charge on any atom is -0.467 e. The SMILES string of the molecule is Cc1cc(NC(=O)C2CC2)sc1C(=O)NCC(O)c1ccco1. The maximum Gasteiger partial charge on any atom is 0.261 e. The lowest BCUT2D eigenvalue weighted by Crippen LogP contribution is -2.28. The number of aryl methyl sites for hydroxylation is 1. The highest BCUT2D eigenvalue weighted by Crippen LogP contribution is 2.32. The molecule has 1 saturated carbocycles. The van der Waals surface area contributed by atoms with Gasteiger partial charge < -0.3 is 20.2 Å². The number of rotatable bonds is 6. The lowest BCUT2D eigenvalue weighted by Gasteiger charge is -2.09. The molecule has 0 spiro atoms. The van der Waals surface area contributed by atoms with Gasteiger partial charge in [0.05, 0.1) is 22.7 Å². The molecule has 2 amide bonds. The fraction of sp³-hybridized carbons (Fsp3) is 0.375. The van der Waals surface area contributed by atoms with Gasteiger partial charge in [-0.3, -0.25) is 9.59 Å². The molecule has 2 aromatic heterocycles. The van der Waals surface area contributed by atoms with Gasteiger partial charge in [-0.2, -0.15) is 0 Å². The predicted molar refractivity (Wildman–Crippen MR) is 86.4 cm³/mol. The lowest BCUT2D eigenvalue weighted by molar-refractivity contribution is -0.117. The molecule has 2 aromatic rings. The molecule has 3 N–H and O–H groups in total. The Bertz CT molecular complexity index is 704. The van der Waals surface area contributed by atoms with Crippen molar-refractivity contribution in [2.45, 2.75) is 25.9 Å². The minimum absolute atomic E-state index is 0.0199. The maximum absolute atomic E-state index is 12.2. The molecule has 0 aromatic carbocycles. The van der Waals surface area contributed by atoms with E-state index in [1.165, 1.54) is 17.6 Å². The number of aliphatic hydroxyl groups is 1. The van der Waals surface area contributed by atoms with E-state index in [9.17, 15) is 14.7 Å². The molecule has 7 heteroatoms. The summed E-state index contributed by atoms with van der Waals surface area (Å²) in [6.45, 7) is 1.88. The maximum atomic E-state index is 12.2. The smallest absolute Gasteiger partial charge is 0.261 e. The third-order valence-electron chi connectivity index (χ3n) is 3.65. The molecule has 23 heavy (non-hydrogen) atoms. The number of amides is 2.